The summed E-state index contributed by atoms with van der Waals surface area (Å²) in [6, 6.07) is 0. The van der Waals surface area contributed by atoms with E-state index in [1.165, 1.54) is 19.6 Å². The molecule has 4 N–H and O–H groups in total. The Morgan fingerprint density at radius 2 is 2.20 bits per heavy atom. The average molecular weight is 305 g/mol. The van der Waals surface area contributed by atoms with Crippen molar-refractivity contribution in [1.82, 2.24) is 19.5 Å². The second-order valence-electron chi connectivity index (χ2n) is 4.12. The van der Waals surface area contributed by atoms with E-state index in [2.05, 4.69) is 15.0 Å². The molecule has 0 bridgehead atoms. The molecule has 0 amide bonds. The topological polar surface area (TPSA) is 136 Å². The molecule has 2 atom stereocenters. The van der Waals surface area contributed by atoms with Gasteiger partial charge in [-0.2, -0.15) is 0 Å². The number of hydrogen-bond donors (Lipinski definition) is 3. The molecule has 0 aliphatic carbocycles. The van der Waals surface area contributed by atoms with Gasteiger partial charge in [0, 0.05) is 0 Å². The van der Waals surface area contributed by atoms with Crippen LogP contribution in [0.4, 0.5) is 10.2 Å². The van der Waals surface area contributed by atoms with Crippen LogP contribution in [0.2, 0.25) is 0 Å². The van der Waals surface area contributed by atoms with Gasteiger partial charge in [-0.25, -0.2) is 19.3 Å². The Morgan fingerprint density at radius 3 is 2.85 bits per heavy atom. The first-order chi connectivity index (χ1) is 9.29. The van der Waals surface area contributed by atoms with E-state index in [9.17, 15) is 8.96 Å². The fourth-order valence-electron chi connectivity index (χ4n) is 1.57. The molecule has 2 rings (SSSR count). The van der Waals surface area contributed by atoms with Gasteiger partial charge in [-0.05, 0) is 6.92 Å². The number of nitrogens with zero attached hydrogens (tertiary/aromatic N) is 4. The molecule has 0 aromatic carbocycles. The second-order valence-corrected chi connectivity index (χ2v) is 5.71. The van der Waals surface area contributed by atoms with E-state index in [0.717, 1.165) is 4.57 Å². The molecule has 2 aromatic rings. The monoisotopic (exact) mass is 305 g/mol. The molecule has 0 spiro atoms. The minimum Gasteiger partial charge on any atom is -0.382 e. The van der Waals surface area contributed by atoms with Crippen molar-refractivity contribution in [3.8, 4) is 0 Å². The summed E-state index contributed by atoms with van der Waals surface area (Å²) in [6.07, 6.45) is -1.34. The standard InChI is InChI=1S/C9H13FN5O4P/c1-5(19-4-20(16,17)18)7(10)15-3-14-6-8(11)12-2-13-9(6)15/h2-3,5,7H,4H2,1H3,(H2,11,12,13)(H2,16,17,18). The van der Waals surface area contributed by atoms with Crippen molar-refractivity contribution in [3.63, 3.8) is 0 Å². The Balaban J connectivity index is 2.21. The van der Waals surface area contributed by atoms with Gasteiger partial charge in [-0.3, -0.25) is 9.13 Å². The minimum absolute atomic E-state index is 0.115. The van der Waals surface area contributed by atoms with Crippen molar-refractivity contribution in [2.75, 3.05) is 12.1 Å². The van der Waals surface area contributed by atoms with Gasteiger partial charge < -0.3 is 20.3 Å². The predicted octanol–water partition coefficient (Wildman–Crippen LogP) is 0.417. The SMILES string of the molecule is CC(OCP(=O)(O)O)C(F)n1cnc2c(N)ncnc21. The smallest absolute Gasteiger partial charge is 0.350 e. The lowest BCUT2D eigenvalue weighted by atomic mass is 10.3. The highest BCUT2D eigenvalue weighted by molar-refractivity contribution is 7.51. The van der Waals surface area contributed by atoms with Crippen LogP contribution >= 0.6 is 7.60 Å². The molecule has 0 fully saturated rings. The van der Waals surface area contributed by atoms with E-state index in [4.69, 9.17) is 20.3 Å². The van der Waals surface area contributed by atoms with Crippen molar-refractivity contribution < 1.29 is 23.5 Å². The number of imidazole rings is 1. The molecule has 9 nitrogen and oxygen atoms in total. The number of aromatic nitrogens is 4. The number of ether oxygens (including phenoxy) is 1. The molecule has 0 aliphatic rings. The van der Waals surface area contributed by atoms with Crippen molar-refractivity contribution in [1.29, 1.82) is 0 Å². The Hall–Kier alpha value is -1.61. The van der Waals surface area contributed by atoms with E-state index in [-0.39, 0.29) is 17.0 Å². The van der Waals surface area contributed by atoms with Crippen molar-refractivity contribution in [3.05, 3.63) is 12.7 Å². The Bertz CT molecular complexity index is 659. The first kappa shape index (κ1) is 14.8. The van der Waals surface area contributed by atoms with E-state index in [1.54, 1.807) is 0 Å². The van der Waals surface area contributed by atoms with Crippen LogP contribution in [0.3, 0.4) is 0 Å². The molecule has 0 radical (unpaired) electrons. The number of anilines is 1. The first-order valence-corrected chi connectivity index (χ1v) is 7.32. The highest BCUT2D eigenvalue weighted by Crippen LogP contribution is 2.35. The summed E-state index contributed by atoms with van der Waals surface area (Å²) in [5, 5.41) is 0. The molecule has 2 unspecified atom stereocenters. The van der Waals surface area contributed by atoms with Crippen LogP contribution in [-0.2, 0) is 9.30 Å². The number of hydrogen-bond acceptors (Lipinski definition) is 6. The molecular formula is C9H13FN5O4P. The molecule has 110 valence electrons. The van der Waals surface area contributed by atoms with Gasteiger partial charge in [0.25, 0.3) is 0 Å². The van der Waals surface area contributed by atoms with E-state index < -0.39 is 26.3 Å². The number of fused-ring (bicyclic) bond motifs is 1. The largest absolute Gasteiger partial charge is 0.382 e. The number of alkyl halides is 1. The van der Waals surface area contributed by atoms with Gasteiger partial charge >= 0.3 is 7.60 Å². The molecule has 2 heterocycles. The quantitative estimate of drug-likeness (QED) is 0.676. The molecule has 0 aliphatic heterocycles. The van der Waals surface area contributed by atoms with Crippen LogP contribution < -0.4 is 5.73 Å². The lowest BCUT2D eigenvalue weighted by Crippen LogP contribution is -2.21. The fourth-order valence-corrected chi connectivity index (χ4v) is 2.00. The fraction of sp³-hybridized carbons (Fsp3) is 0.444. The summed E-state index contributed by atoms with van der Waals surface area (Å²) in [6.45, 7) is 1.34. The van der Waals surface area contributed by atoms with Gasteiger partial charge in [0.15, 0.2) is 11.5 Å². The first-order valence-electron chi connectivity index (χ1n) is 5.53. The number of rotatable bonds is 5. The zero-order chi connectivity index (χ0) is 14.9. The molecule has 20 heavy (non-hydrogen) atoms. The molecule has 0 saturated carbocycles. The third kappa shape index (κ3) is 3.10. The normalized spacial score (nSPS) is 15.4. The molecule has 11 heteroatoms. The zero-order valence-electron chi connectivity index (χ0n) is 10.4. The summed E-state index contributed by atoms with van der Waals surface area (Å²) in [5.41, 5.74) is 6.00. The molecule has 0 saturated heterocycles. The van der Waals surface area contributed by atoms with Crippen LogP contribution in [0.15, 0.2) is 12.7 Å². The van der Waals surface area contributed by atoms with Crippen LogP contribution in [0, 0.1) is 0 Å². The van der Waals surface area contributed by atoms with Gasteiger partial charge in [-0.1, -0.05) is 0 Å². The summed E-state index contributed by atoms with van der Waals surface area (Å²) in [7, 11) is -4.35. The van der Waals surface area contributed by atoms with Gasteiger partial charge in [-0.15, -0.1) is 0 Å². The third-order valence-corrected chi connectivity index (χ3v) is 3.03. The highest BCUT2D eigenvalue weighted by atomic mass is 31.2. The second kappa shape index (κ2) is 5.41. The van der Waals surface area contributed by atoms with E-state index >= 15 is 0 Å². The Morgan fingerprint density at radius 1 is 1.50 bits per heavy atom. The number of halogens is 1. The highest BCUT2D eigenvalue weighted by Gasteiger charge is 2.25. The molecular weight excluding hydrogens is 292 g/mol. The number of nitrogen functional groups attached to an aromatic ring is 1. The Labute approximate surface area is 112 Å². The van der Waals surface area contributed by atoms with E-state index in [1.807, 2.05) is 0 Å². The van der Waals surface area contributed by atoms with Crippen molar-refractivity contribution in [2.45, 2.75) is 19.3 Å². The van der Waals surface area contributed by atoms with Crippen LogP contribution in [-0.4, -0.2) is 41.8 Å². The lowest BCUT2D eigenvalue weighted by Gasteiger charge is -2.19. The van der Waals surface area contributed by atoms with Gasteiger partial charge in [0.05, 0.1) is 6.33 Å². The maximum absolute atomic E-state index is 14.2. The lowest BCUT2D eigenvalue weighted by molar-refractivity contribution is -0.00260. The van der Waals surface area contributed by atoms with Gasteiger partial charge in [0.1, 0.15) is 24.3 Å². The average Bonchev–Trinajstić information content (AvgIpc) is 2.79. The maximum Gasteiger partial charge on any atom is 0.350 e. The minimum atomic E-state index is -4.35. The molecule has 2 aromatic heterocycles. The number of nitrogens with two attached hydrogens (primary N) is 1. The van der Waals surface area contributed by atoms with Crippen LogP contribution in [0.5, 0.6) is 0 Å². The van der Waals surface area contributed by atoms with Gasteiger partial charge in [0.2, 0.25) is 6.30 Å². The zero-order valence-corrected chi connectivity index (χ0v) is 11.3. The summed E-state index contributed by atoms with van der Waals surface area (Å²) in [4.78, 5) is 28.9. The Kier molecular flexibility index (Phi) is 4.00. The summed E-state index contributed by atoms with van der Waals surface area (Å²) >= 11 is 0. The van der Waals surface area contributed by atoms with E-state index in [0.29, 0.717) is 0 Å². The third-order valence-electron chi connectivity index (χ3n) is 2.55. The maximum atomic E-state index is 14.2. The van der Waals surface area contributed by atoms with Crippen molar-refractivity contribution >= 4 is 24.6 Å². The van der Waals surface area contributed by atoms with Crippen molar-refractivity contribution in [2.24, 2.45) is 0 Å². The summed E-state index contributed by atoms with van der Waals surface area (Å²) in [5.74, 6) is 0.115. The predicted molar refractivity (Wildman–Crippen MR) is 67.3 cm³/mol. The summed E-state index contributed by atoms with van der Waals surface area (Å²) < 4.78 is 30.8. The van der Waals surface area contributed by atoms with Crippen LogP contribution in [0.1, 0.15) is 13.2 Å². The van der Waals surface area contributed by atoms with Crippen LogP contribution in [0.25, 0.3) is 11.2 Å².